The van der Waals surface area contributed by atoms with Gasteiger partial charge in [-0.2, -0.15) is 0 Å². The van der Waals surface area contributed by atoms with Gasteiger partial charge in [0.1, 0.15) is 6.33 Å². The van der Waals surface area contributed by atoms with Crippen LogP contribution in [0, 0.1) is 10.1 Å². The maximum Gasteiger partial charge on any atom is 0.343 e. The molecule has 2 aromatic carbocycles. The highest BCUT2D eigenvalue weighted by molar-refractivity contribution is 7.99. The molecule has 0 aliphatic carbocycles. The van der Waals surface area contributed by atoms with Crippen molar-refractivity contribution >= 4 is 52.5 Å². The van der Waals surface area contributed by atoms with E-state index in [4.69, 9.17) is 21.1 Å². The van der Waals surface area contributed by atoms with Crippen LogP contribution in [-0.2, 0) is 9.47 Å². The maximum absolute atomic E-state index is 12.0. The molecule has 0 radical (unpaired) electrons. The summed E-state index contributed by atoms with van der Waals surface area (Å²) < 4.78 is 9.40. The number of halogens is 1. The Labute approximate surface area is 191 Å². The van der Waals surface area contributed by atoms with Crippen molar-refractivity contribution in [2.45, 2.75) is 9.92 Å². The zero-order chi connectivity index (χ0) is 23.3. The molecule has 1 heterocycles. The molecule has 0 spiro atoms. The van der Waals surface area contributed by atoms with E-state index in [2.05, 4.69) is 15.3 Å². The Morgan fingerprint density at radius 3 is 2.16 bits per heavy atom. The summed E-state index contributed by atoms with van der Waals surface area (Å²) in [6.07, 6.45) is 1.17. The first-order chi connectivity index (χ1) is 15.3. The monoisotopic (exact) mass is 474 g/mol. The quantitative estimate of drug-likeness (QED) is 0.225. The Morgan fingerprint density at radius 1 is 1.03 bits per heavy atom. The van der Waals surface area contributed by atoms with Gasteiger partial charge in [-0.05, 0) is 42.5 Å². The van der Waals surface area contributed by atoms with E-state index in [0.29, 0.717) is 9.92 Å². The van der Waals surface area contributed by atoms with Gasteiger partial charge in [0.2, 0.25) is 5.82 Å². The number of rotatable bonds is 7. The maximum atomic E-state index is 12.0. The zero-order valence-corrected chi connectivity index (χ0v) is 18.3. The third-order valence-corrected chi connectivity index (χ3v) is 5.29. The van der Waals surface area contributed by atoms with Gasteiger partial charge in [0, 0.05) is 15.6 Å². The lowest BCUT2D eigenvalue weighted by atomic mass is 10.1. The number of carbonyl (C=O) groups is 2. The van der Waals surface area contributed by atoms with Crippen molar-refractivity contribution in [3.8, 4) is 0 Å². The van der Waals surface area contributed by atoms with Gasteiger partial charge in [-0.25, -0.2) is 19.6 Å². The molecule has 1 aromatic heterocycles. The summed E-state index contributed by atoms with van der Waals surface area (Å²) in [6.45, 7) is 0. The number of nitrogens with one attached hydrogen (secondary N) is 1. The normalized spacial score (nSPS) is 10.3. The average molecular weight is 475 g/mol. The van der Waals surface area contributed by atoms with Crippen LogP contribution in [0.4, 0.5) is 17.2 Å². The minimum atomic E-state index is -0.699. The molecule has 0 amide bonds. The topological polar surface area (TPSA) is 134 Å². The van der Waals surface area contributed by atoms with E-state index in [1.54, 1.807) is 24.3 Å². The lowest BCUT2D eigenvalue weighted by Crippen LogP contribution is -2.09. The van der Waals surface area contributed by atoms with Crippen LogP contribution in [0.1, 0.15) is 20.7 Å². The zero-order valence-electron chi connectivity index (χ0n) is 16.7. The highest BCUT2D eigenvalue weighted by atomic mass is 35.5. The fourth-order valence-corrected chi connectivity index (χ4v) is 3.60. The molecule has 12 heteroatoms. The van der Waals surface area contributed by atoms with E-state index >= 15 is 0 Å². The van der Waals surface area contributed by atoms with Crippen molar-refractivity contribution < 1.29 is 24.0 Å². The van der Waals surface area contributed by atoms with Gasteiger partial charge in [0.25, 0.3) is 0 Å². The van der Waals surface area contributed by atoms with Crippen LogP contribution in [0.15, 0.2) is 58.7 Å². The fraction of sp³-hybridized carbons (Fsp3) is 0.100. The lowest BCUT2D eigenvalue weighted by molar-refractivity contribution is -0.387. The van der Waals surface area contributed by atoms with Crippen LogP contribution >= 0.6 is 23.4 Å². The van der Waals surface area contributed by atoms with Crippen LogP contribution in [0.25, 0.3) is 0 Å². The lowest BCUT2D eigenvalue weighted by Gasteiger charge is -2.11. The van der Waals surface area contributed by atoms with Gasteiger partial charge in [0.05, 0.1) is 30.3 Å². The number of nitro groups is 1. The van der Waals surface area contributed by atoms with Crippen LogP contribution < -0.4 is 5.32 Å². The third-order valence-electron chi connectivity index (χ3n) is 4.04. The van der Waals surface area contributed by atoms with Gasteiger partial charge in [0.15, 0.2) is 5.03 Å². The number of carbonyl (C=O) groups excluding carboxylic acids is 2. The molecular formula is C20H15ClN4O6S. The van der Waals surface area contributed by atoms with Gasteiger partial charge in [-0.3, -0.25) is 10.1 Å². The number of esters is 2. The Bertz CT molecular complexity index is 1150. The van der Waals surface area contributed by atoms with E-state index in [1.165, 1.54) is 38.7 Å². The van der Waals surface area contributed by atoms with Crippen molar-refractivity contribution in [3.63, 3.8) is 0 Å². The first-order valence-corrected chi connectivity index (χ1v) is 10.0. The second kappa shape index (κ2) is 10.1. The number of ether oxygens (including phenoxy) is 2. The average Bonchev–Trinajstić information content (AvgIpc) is 2.79. The second-order valence-electron chi connectivity index (χ2n) is 6.10. The van der Waals surface area contributed by atoms with Crippen LogP contribution in [0.3, 0.4) is 0 Å². The van der Waals surface area contributed by atoms with Crippen molar-refractivity contribution in [1.29, 1.82) is 0 Å². The van der Waals surface area contributed by atoms with Gasteiger partial charge in [-0.15, -0.1) is 0 Å². The van der Waals surface area contributed by atoms with Crippen LogP contribution in [0.2, 0.25) is 5.02 Å². The molecule has 0 aliphatic heterocycles. The minimum absolute atomic E-state index is 0.0466. The highest BCUT2D eigenvalue weighted by Crippen LogP contribution is 2.38. The summed E-state index contributed by atoms with van der Waals surface area (Å²) in [5.41, 5.74) is -0.0937. The van der Waals surface area contributed by atoms with Crippen molar-refractivity contribution in [1.82, 2.24) is 9.97 Å². The van der Waals surface area contributed by atoms with Crippen LogP contribution in [0.5, 0.6) is 0 Å². The summed E-state index contributed by atoms with van der Waals surface area (Å²) in [4.78, 5) is 43.9. The molecule has 0 aliphatic rings. The summed E-state index contributed by atoms with van der Waals surface area (Å²) in [5, 5.41) is 15.2. The summed E-state index contributed by atoms with van der Waals surface area (Å²) >= 11 is 6.94. The molecule has 0 bridgehead atoms. The van der Waals surface area contributed by atoms with E-state index in [1.807, 2.05) is 0 Å². The Balaban J connectivity index is 2.03. The first kappa shape index (κ1) is 23.0. The Hall–Kier alpha value is -3.70. The molecule has 10 nitrogen and oxygen atoms in total. The van der Waals surface area contributed by atoms with Crippen LogP contribution in [-0.4, -0.2) is 41.0 Å². The number of benzene rings is 2. The fourth-order valence-electron chi connectivity index (χ4n) is 2.62. The Kier molecular flexibility index (Phi) is 7.23. The summed E-state index contributed by atoms with van der Waals surface area (Å²) in [7, 11) is 2.38. The summed E-state index contributed by atoms with van der Waals surface area (Å²) in [6, 6.07) is 10.7. The number of nitrogens with zero attached hydrogens (tertiary/aromatic N) is 3. The van der Waals surface area contributed by atoms with E-state index in [0.717, 1.165) is 11.8 Å². The van der Waals surface area contributed by atoms with Gasteiger partial charge in [-0.1, -0.05) is 23.4 Å². The predicted molar refractivity (Wildman–Crippen MR) is 117 cm³/mol. The van der Waals surface area contributed by atoms with Crippen molar-refractivity contribution in [2.75, 3.05) is 19.5 Å². The number of aromatic nitrogens is 2. The Morgan fingerprint density at radius 2 is 1.62 bits per heavy atom. The third kappa shape index (κ3) is 5.31. The smallest absolute Gasteiger partial charge is 0.343 e. The molecule has 164 valence electrons. The number of hydrogen-bond acceptors (Lipinski definition) is 10. The number of methoxy groups -OCH3 is 2. The predicted octanol–water partition coefficient (Wildman–Crippen LogP) is 4.51. The molecule has 0 saturated carbocycles. The molecule has 0 atom stereocenters. The molecule has 3 rings (SSSR count). The molecular weight excluding hydrogens is 460 g/mol. The summed E-state index contributed by atoms with van der Waals surface area (Å²) in [5.74, 6) is -1.52. The number of anilines is 2. The van der Waals surface area contributed by atoms with E-state index in [-0.39, 0.29) is 33.3 Å². The molecule has 3 aromatic rings. The standard InChI is InChI=1S/C20H15ClN4O6S/c1-30-19(26)11-7-12(20(27)31-2)9-14(8-11)24-17-16(25(28)29)18(23-10-22-17)32-15-5-3-13(21)4-6-15/h3-10H,1-2H3,(H,22,23,24). The molecule has 0 unspecified atom stereocenters. The highest BCUT2D eigenvalue weighted by Gasteiger charge is 2.25. The van der Waals surface area contributed by atoms with E-state index in [9.17, 15) is 19.7 Å². The van der Waals surface area contributed by atoms with Gasteiger partial charge < -0.3 is 14.8 Å². The first-order valence-electron chi connectivity index (χ1n) is 8.84. The van der Waals surface area contributed by atoms with E-state index < -0.39 is 16.9 Å². The number of hydrogen-bond donors (Lipinski definition) is 1. The largest absolute Gasteiger partial charge is 0.465 e. The minimum Gasteiger partial charge on any atom is -0.465 e. The molecule has 1 N–H and O–H groups in total. The van der Waals surface area contributed by atoms with Crippen molar-refractivity contribution in [3.05, 3.63) is 75.1 Å². The molecule has 0 fully saturated rings. The van der Waals surface area contributed by atoms with Crippen molar-refractivity contribution in [2.24, 2.45) is 0 Å². The SMILES string of the molecule is COC(=O)c1cc(Nc2ncnc(Sc3ccc(Cl)cc3)c2[N+](=O)[O-])cc(C(=O)OC)c1. The molecule has 32 heavy (non-hydrogen) atoms. The molecule has 0 saturated heterocycles. The second-order valence-corrected chi connectivity index (χ2v) is 7.59. The van der Waals surface area contributed by atoms with Gasteiger partial charge >= 0.3 is 17.6 Å².